The fraction of sp³-hybridized carbons (Fsp3) is 0.429. The number of rotatable bonds is 7. The van der Waals surface area contributed by atoms with Gasteiger partial charge < -0.3 is 9.26 Å². The van der Waals surface area contributed by atoms with Gasteiger partial charge in [0.2, 0.25) is 0 Å². The van der Waals surface area contributed by atoms with Crippen LogP contribution in [0.3, 0.4) is 0 Å². The van der Waals surface area contributed by atoms with Gasteiger partial charge in [-0.25, -0.2) is 0 Å². The molecule has 2 aromatic rings. The van der Waals surface area contributed by atoms with E-state index in [9.17, 15) is 10.1 Å². The summed E-state index contributed by atoms with van der Waals surface area (Å²) in [6.07, 6.45) is 0. The highest BCUT2D eigenvalue weighted by Gasteiger charge is 2.19. The van der Waals surface area contributed by atoms with Crippen LogP contribution in [0.15, 0.2) is 22.7 Å². The lowest BCUT2D eigenvalue weighted by molar-refractivity contribution is -0.386. The Bertz CT molecular complexity index is 659. The normalized spacial score (nSPS) is 12.1. The molecule has 1 atom stereocenters. The van der Waals surface area contributed by atoms with Crippen molar-refractivity contribution in [3.05, 3.63) is 45.6 Å². The Kier molecular flexibility index (Phi) is 5.37. The highest BCUT2D eigenvalue weighted by Crippen LogP contribution is 2.31. The minimum atomic E-state index is -0.454. The number of nitro groups is 1. The van der Waals surface area contributed by atoms with Crippen LogP contribution in [0.25, 0.3) is 0 Å². The minimum absolute atomic E-state index is 0.000799. The summed E-state index contributed by atoms with van der Waals surface area (Å²) in [5, 5.41) is 15.1. The number of hydrogen-bond acceptors (Lipinski definition) is 7. The molecule has 2 rings (SSSR count). The molecule has 118 valence electrons. The second-order valence-corrected chi connectivity index (χ2v) is 6.23. The van der Waals surface area contributed by atoms with Crippen LogP contribution in [0.5, 0.6) is 5.75 Å². The SMILES string of the molecule is CCS[C@H](C)c1noc(COc2cccc(C)c2[N+](=O)[O-])n1. The van der Waals surface area contributed by atoms with Gasteiger partial charge in [-0.3, -0.25) is 10.1 Å². The molecule has 0 aliphatic carbocycles. The molecule has 0 fully saturated rings. The van der Waals surface area contributed by atoms with Gasteiger partial charge in [0.15, 0.2) is 18.2 Å². The van der Waals surface area contributed by atoms with Crippen LogP contribution in [0.4, 0.5) is 5.69 Å². The number of nitrogens with zero attached hydrogens (tertiary/aromatic N) is 3. The third-order valence-corrected chi connectivity index (χ3v) is 4.04. The second-order valence-electron chi connectivity index (χ2n) is 4.61. The predicted molar refractivity (Wildman–Crippen MR) is 83.0 cm³/mol. The lowest BCUT2D eigenvalue weighted by atomic mass is 10.2. The van der Waals surface area contributed by atoms with Crippen LogP contribution in [-0.2, 0) is 6.61 Å². The van der Waals surface area contributed by atoms with Crippen molar-refractivity contribution in [3.63, 3.8) is 0 Å². The van der Waals surface area contributed by atoms with Crippen LogP contribution in [0.2, 0.25) is 0 Å². The van der Waals surface area contributed by atoms with E-state index in [4.69, 9.17) is 9.26 Å². The van der Waals surface area contributed by atoms with Gasteiger partial charge in [0.1, 0.15) is 0 Å². The summed E-state index contributed by atoms with van der Waals surface area (Å²) in [6.45, 7) is 5.72. The number of benzene rings is 1. The summed E-state index contributed by atoms with van der Waals surface area (Å²) in [5.41, 5.74) is 0.499. The molecule has 7 nitrogen and oxygen atoms in total. The van der Waals surface area contributed by atoms with E-state index in [0.29, 0.717) is 17.3 Å². The monoisotopic (exact) mass is 323 g/mol. The summed E-state index contributed by atoms with van der Waals surface area (Å²) in [7, 11) is 0. The Morgan fingerprint density at radius 2 is 2.27 bits per heavy atom. The maximum atomic E-state index is 11.1. The third kappa shape index (κ3) is 3.76. The van der Waals surface area contributed by atoms with E-state index in [1.165, 1.54) is 0 Å². The molecule has 1 aromatic heterocycles. The van der Waals surface area contributed by atoms with Gasteiger partial charge in [-0.1, -0.05) is 24.2 Å². The molecule has 0 saturated carbocycles. The zero-order valence-corrected chi connectivity index (χ0v) is 13.4. The Labute approximate surface area is 132 Å². The Morgan fingerprint density at radius 1 is 1.50 bits per heavy atom. The molecule has 0 aliphatic rings. The highest BCUT2D eigenvalue weighted by molar-refractivity contribution is 7.99. The molecule has 0 unspecified atom stereocenters. The fourth-order valence-corrected chi connectivity index (χ4v) is 2.68. The maximum Gasteiger partial charge on any atom is 0.313 e. The Hall–Kier alpha value is -2.09. The summed E-state index contributed by atoms with van der Waals surface area (Å²) < 4.78 is 10.6. The van der Waals surface area contributed by atoms with Crippen molar-refractivity contribution in [2.75, 3.05) is 5.75 Å². The molecule has 1 heterocycles. The van der Waals surface area contributed by atoms with Gasteiger partial charge in [0.05, 0.1) is 10.2 Å². The first-order valence-corrected chi connectivity index (χ1v) is 7.88. The first-order chi connectivity index (χ1) is 10.5. The molecular formula is C14H17N3O4S. The maximum absolute atomic E-state index is 11.1. The number of thioether (sulfide) groups is 1. The number of para-hydroxylation sites is 1. The van der Waals surface area contributed by atoms with Crippen molar-refractivity contribution in [1.82, 2.24) is 10.1 Å². The van der Waals surface area contributed by atoms with E-state index >= 15 is 0 Å². The van der Waals surface area contributed by atoms with Crippen molar-refractivity contribution in [2.45, 2.75) is 32.6 Å². The average molecular weight is 323 g/mol. The van der Waals surface area contributed by atoms with Gasteiger partial charge in [-0.2, -0.15) is 16.7 Å². The van der Waals surface area contributed by atoms with E-state index < -0.39 is 4.92 Å². The highest BCUT2D eigenvalue weighted by atomic mass is 32.2. The molecule has 22 heavy (non-hydrogen) atoms. The topological polar surface area (TPSA) is 91.3 Å². The lowest BCUT2D eigenvalue weighted by Gasteiger charge is -2.05. The van der Waals surface area contributed by atoms with Crippen molar-refractivity contribution >= 4 is 17.4 Å². The molecule has 0 saturated heterocycles. The minimum Gasteiger partial charge on any atom is -0.477 e. The summed E-state index contributed by atoms with van der Waals surface area (Å²) in [5.74, 6) is 2.05. The summed E-state index contributed by atoms with van der Waals surface area (Å²) >= 11 is 1.71. The van der Waals surface area contributed by atoms with Gasteiger partial charge in [-0.15, -0.1) is 0 Å². The van der Waals surface area contributed by atoms with Gasteiger partial charge in [0, 0.05) is 5.56 Å². The Balaban J connectivity index is 2.08. The van der Waals surface area contributed by atoms with Gasteiger partial charge in [0.25, 0.3) is 5.89 Å². The summed E-state index contributed by atoms with van der Waals surface area (Å²) in [6, 6.07) is 4.92. The third-order valence-electron chi connectivity index (χ3n) is 3.00. The molecule has 0 N–H and O–H groups in total. The van der Waals surface area contributed by atoms with E-state index in [2.05, 4.69) is 17.1 Å². The van der Waals surface area contributed by atoms with Crippen LogP contribution >= 0.6 is 11.8 Å². The zero-order valence-electron chi connectivity index (χ0n) is 12.6. The molecule has 8 heteroatoms. The van der Waals surface area contributed by atoms with E-state index in [-0.39, 0.29) is 23.3 Å². The molecule has 0 bridgehead atoms. The molecule has 1 aromatic carbocycles. The van der Waals surface area contributed by atoms with Crippen molar-refractivity contribution < 1.29 is 14.2 Å². The van der Waals surface area contributed by atoms with Crippen LogP contribution in [0, 0.1) is 17.0 Å². The number of ether oxygens (including phenoxy) is 1. The quantitative estimate of drug-likeness (QED) is 0.567. The standard InChI is InChI=1S/C14H17N3O4S/c1-4-22-10(3)14-15-12(21-16-14)8-20-11-7-5-6-9(2)13(11)17(18)19/h5-7,10H,4,8H2,1-3H3/t10-/m1/s1. The second kappa shape index (κ2) is 7.26. The molecule has 0 amide bonds. The molecule has 0 radical (unpaired) electrons. The molecule has 0 aliphatic heterocycles. The van der Waals surface area contributed by atoms with Gasteiger partial charge in [-0.05, 0) is 25.7 Å². The number of hydrogen-bond donors (Lipinski definition) is 0. The van der Waals surface area contributed by atoms with Crippen molar-refractivity contribution in [1.29, 1.82) is 0 Å². The van der Waals surface area contributed by atoms with Crippen LogP contribution in [-0.4, -0.2) is 20.8 Å². The summed E-state index contributed by atoms with van der Waals surface area (Å²) in [4.78, 5) is 14.9. The first-order valence-electron chi connectivity index (χ1n) is 6.83. The first kappa shape index (κ1) is 16.3. The zero-order chi connectivity index (χ0) is 16.1. The number of nitro benzene ring substituents is 1. The van der Waals surface area contributed by atoms with Crippen molar-refractivity contribution in [3.8, 4) is 5.75 Å². The van der Waals surface area contributed by atoms with E-state index in [0.717, 1.165) is 5.75 Å². The number of aromatic nitrogens is 2. The lowest BCUT2D eigenvalue weighted by Crippen LogP contribution is -2.01. The Morgan fingerprint density at radius 3 is 2.95 bits per heavy atom. The smallest absolute Gasteiger partial charge is 0.313 e. The van der Waals surface area contributed by atoms with E-state index in [1.54, 1.807) is 36.9 Å². The van der Waals surface area contributed by atoms with Crippen LogP contribution in [0.1, 0.15) is 36.4 Å². The van der Waals surface area contributed by atoms with Gasteiger partial charge >= 0.3 is 5.69 Å². The largest absolute Gasteiger partial charge is 0.477 e. The van der Waals surface area contributed by atoms with E-state index in [1.807, 2.05) is 6.92 Å². The number of aryl methyl sites for hydroxylation is 1. The van der Waals surface area contributed by atoms with Crippen molar-refractivity contribution in [2.24, 2.45) is 0 Å². The molecular weight excluding hydrogens is 306 g/mol. The predicted octanol–water partition coefficient (Wildman–Crippen LogP) is 3.68. The molecule has 0 spiro atoms. The average Bonchev–Trinajstić information content (AvgIpc) is 2.94. The fourth-order valence-electron chi connectivity index (χ4n) is 1.94. The van der Waals surface area contributed by atoms with Crippen LogP contribution < -0.4 is 4.74 Å².